The van der Waals surface area contributed by atoms with Gasteiger partial charge in [-0.1, -0.05) is 0 Å². The van der Waals surface area contributed by atoms with Crippen LogP contribution in [0.2, 0.25) is 0 Å². The van der Waals surface area contributed by atoms with Crippen LogP contribution in [-0.2, 0) is 13.2 Å². The smallest absolute Gasteiger partial charge is 0.352 e. The number of aromatic nitrogens is 3. The van der Waals surface area contributed by atoms with Crippen LogP contribution < -0.4 is 10.2 Å². The lowest BCUT2D eigenvalue weighted by Crippen LogP contribution is -2.44. The standard InChI is InChI=1S/C16H16F3N5/c1-23-9-12-11-8-10(16(17,18)19)2-3-13(11)21-15(14(12)22-23)24-6-4-20-5-7-24/h2-3,8-9,20H,4-7H2,1H3. The Kier molecular flexibility index (Phi) is 3.38. The second-order valence-corrected chi connectivity index (χ2v) is 5.97. The molecule has 1 aliphatic rings. The Balaban J connectivity index is 1.97. The fraction of sp³-hybridized carbons (Fsp3) is 0.375. The first-order valence-corrected chi connectivity index (χ1v) is 7.73. The zero-order chi connectivity index (χ0) is 16.9. The van der Waals surface area contributed by atoms with Gasteiger partial charge in [0.05, 0.1) is 11.1 Å². The molecule has 1 aromatic carbocycles. The van der Waals surface area contributed by atoms with E-state index in [0.29, 0.717) is 21.8 Å². The number of halogens is 3. The van der Waals surface area contributed by atoms with Crippen molar-refractivity contribution in [3.05, 3.63) is 30.0 Å². The van der Waals surface area contributed by atoms with Crippen molar-refractivity contribution < 1.29 is 13.2 Å². The lowest BCUT2D eigenvalue weighted by molar-refractivity contribution is -0.137. The van der Waals surface area contributed by atoms with E-state index in [9.17, 15) is 13.2 Å². The number of hydrogen-bond donors (Lipinski definition) is 1. The number of hydrogen-bond acceptors (Lipinski definition) is 4. The molecule has 0 aliphatic carbocycles. The molecule has 2 aromatic heterocycles. The number of benzene rings is 1. The molecule has 0 radical (unpaired) electrons. The summed E-state index contributed by atoms with van der Waals surface area (Å²) in [7, 11) is 1.76. The summed E-state index contributed by atoms with van der Waals surface area (Å²) in [5.74, 6) is 0.736. The van der Waals surface area contributed by atoms with E-state index in [1.165, 1.54) is 6.07 Å². The van der Waals surface area contributed by atoms with Crippen LogP contribution in [0.25, 0.3) is 21.8 Å². The number of fused-ring (bicyclic) bond motifs is 3. The van der Waals surface area contributed by atoms with Gasteiger partial charge >= 0.3 is 6.18 Å². The second kappa shape index (κ2) is 5.34. The molecule has 1 N–H and O–H groups in total. The summed E-state index contributed by atoms with van der Waals surface area (Å²) >= 11 is 0. The highest BCUT2D eigenvalue weighted by atomic mass is 19.4. The molecule has 0 spiro atoms. The Morgan fingerprint density at radius 1 is 1.12 bits per heavy atom. The fourth-order valence-corrected chi connectivity index (χ4v) is 3.14. The monoisotopic (exact) mass is 335 g/mol. The Morgan fingerprint density at radius 2 is 1.88 bits per heavy atom. The molecule has 8 heteroatoms. The van der Waals surface area contributed by atoms with Gasteiger partial charge in [-0.25, -0.2) is 4.98 Å². The summed E-state index contributed by atoms with van der Waals surface area (Å²) in [6.07, 6.45) is -2.62. The molecule has 1 saturated heterocycles. The predicted octanol–water partition coefficient (Wildman–Crippen LogP) is 2.55. The molecule has 5 nitrogen and oxygen atoms in total. The molecular formula is C16H16F3N5. The zero-order valence-electron chi connectivity index (χ0n) is 13.1. The van der Waals surface area contributed by atoms with Crippen molar-refractivity contribution >= 4 is 27.6 Å². The van der Waals surface area contributed by atoms with Crippen LogP contribution >= 0.6 is 0 Å². The molecular weight excluding hydrogens is 319 g/mol. The molecule has 3 heterocycles. The highest BCUT2D eigenvalue weighted by molar-refractivity contribution is 6.08. The lowest BCUT2D eigenvalue weighted by Gasteiger charge is -2.28. The van der Waals surface area contributed by atoms with Crippen molar-refractivity contribution in [2.24, 2.45) is 7.05 Å². The van der Waals surface area contributed by atoms with Gasteiger partial charge < -0.3 is 10.2 Å². The van der Waals surface area contributed by atoms with Gasteiger partial charge in [0.15, 0.2) is 5.82 Å². The summed E-state index contributed by atoms with van der Waals surface area (Å²) in [5.41, 5.74) is 0.528. The number of nitrogens with zero attached hydrogens (tertiary/aromatic N) is 4. The Labute approximate surface area is 136 Å². The predicted molar refractivity (Wildman–Crippen MR) is 86.1 cm³/mol. The zero-order valence-corrected chi connectivity index (χ0v) is 13.1. The van der Waals surface area contributed by atoms with E-state index in [1.807, 2.05) is 0 Å². The molecule has 4 rings (SSSR count). The number of piperazine rings is 1. The molecule has 3 aromatic rings. The Hall–Kier alpha value is -2.35. The Morgan fingerprint density at radius 3 is 2.58 bits per heavy atom. The van der Waals surface area contributed by atoms with Crippen LogP contribution in [0.15, 0.2) is 24.4 Å². The van der Waals surface area contributed by atoms with Crippen molar-refractivity contribution in [3.8, 4) is 0 Å². The number of rotatable bonds is 1. The summed E-state index contributed by atoms with van der Waals surface area (Å²) in [5, 5.41) is 8.89. The van der Waals surface area contributed by atoms with Gasteiger partial charge in [-0.2, -0.15) is 18.3 Å². The average Bonchev–Trinajstić information content (AvgIpc) is 2.95. The first-order valence-electron chi connectivity index (χ1n) is 7.73. The number of aryl methyl sites for hydroxylation is 1. The minimum atomic E-state index is -4.38. The third kappa shape index (κ3) is 2.47. The Bertz CT molecular complexity index is 909. The summed E-state index contributed by atoms with van der Waals surface area (Å²) in [6, 6.07) is 3.68. The maximum absolute atomic E-state index is 13.0. The third-order valence-electron chi connectivity index (χ3n) is 4.30. The molecule has 0 atom stereocenters. The first kappa shape index (κ1) is 15.2. The van der Waals surface area contributed by atoms with E-state index in [-0.39, 0.29) is 0 Å². The van der Waals surface area contributed by atoms with E-state index < -0.39 is 11.7 Å². The number of alkyl halides is 3. The molecule has 0 amide bonds. The van der Waals surface area contributed by atoms with Gasteiger partial charge in [-0.05, 0) is 18.2 Å². The minimum Gasteiger partial charge on any atom is -0.352 e. The third-order valence-corrected chi connectivity index (χ3v) is 4.30. The number of pyridine rings is 1. The molecule has 0 saturated carbocycles. The van der Waals surface area contributed by atoms with Crippen molar-refractivity contribution in [1.82, 2.24) is 20.1 Å². The summed E-state index contributed by atoms with van der Waals surface area (Å²) in [4.78, 5) is 6.75. The van der Waals surface area contributed by atoms with E-state index >= 15 is 0 Å². The number of anilines is 1. The van der Waals surface area contributed by atoms with Crippen LogP contribution in [0.1, 0.15) is 5.56 Å². The van der Waals surface area contributed by atoms with Crippen LogP contribution in [0.4, 0.5) is 19.0 Å². The molecule has 0 unspecified atom stereocenters. The van der Waals surface area contributed by atoms with Gasteiger partial charge in [-0.15, -0.1) is 0 Å². The maximum atomic E-state index is 13.0. The highest BCUT2D eigenvalue weighted by Crippen LogP contribution is 2.35. The van der Waals surface area contributed by atoms with Crippen LogP contribution in [0.5, 0.6) is 0 Å². The molecule has 1 aliphatic heterocycles. The fourth-order valence-electron chi connectivity index (χ4n) is 3.14. The van der Waals surface area contributed by atoms with Gasteiger partial charge in [0.1, 0.15) is 5.52 Å². The van der Waals surface area contributed by atoms with Crippen LogP contribution in [0, 0.1) is 0 Å². The van der Waals surface area contributed by atoms with E-state index in [4.69, 9.17) is 0 Å². The summed E-state index contributed by atoms with van der Waals surface area (Å²) in [6.45, 7) is 3.29. The van der Waals surface area contributed by atoms with Gasteiger partial charge in [0.2, 0.25) is 0 Å². The number of nitrogens with one attached hydrogen (secondary N) is 1. The average molecular weight is 335 g/mol. The van der Waals surface area contributed by atoms with Crippen LogP contribution in [0.3, 0.4) is 0 Å². The molecule has 0 bridgehead atoms. The topological polar surface area (TPSA) is 46.0 Å². The highest BCUT2D eigenvalue weighted by Gasteiger charge is 2.31. The van der Waals surface area contributed by atoms with E-state index in [0.717, 1.165) is 44.1 Å². The molecule has 126 valence electrons. The van der Waals surface area contributed by atoms with Gasteiger partial charge in [0.25, 0.3) is 0 Å². The second-order valence-electron chi connectivity index (χ2n) is 5.97. The minimum absolute atomic E-state index is 0.479. The lowest BCUT2D eigenvalue weighted by atomic mass is 10.1. The van der Waals surface area contributed by atoms with Crippen molar-refractivity contribution in [2.45, 2.75) is 6.18 Å². The van der Waals surface area contributed by atoms with E-state index in [2.05, 4.69) is 20.3 Å². The van der Waals surface area contributed by atoms with Crippen molar-refractivity contribution in [2.75, 3.05) is 31.1 Å². The quantitative estimate of drug-likeness (QED) is 0.742. The van der Waals surface area contributed by atoms with E-state index in [1.54, 1.807) is 17.9 Å². The van der Waals surface area contributed by atoms with Crippen molar-refractivity contribution in [1.29, 1.82) is 0 Å². The van der Waals surface area contributed by atoms with Crippen molar-refractivity contribution in [3.63, 3.8) is 0 Å². The molecule has 1 fully saturated rings. The summed E-state index contributed by atoms with van der Waals surface area (Å²) < 4.78 is 40.7. The van der Waals surface area contributed by atoms with Gasteiger partial charge in [-0.3, -0.25) is 4.68 Å². The SMILES string of the molecule is Cn1cc2c(n1)c(N1CCNCC1)nc1ccc(C(F)(F)F)cc12. The first-order chi connectivity index (χ1) is 11.4. The largest absolute Gasteiger partial charge is 0.416 e. The van der Waals surface area contributed by atoms with Gasteiger partial charge in [0, 0.05) is 50.2 Å². The molecule has 24 heavy (non-hydrogen) atoms. The maximum Gasteiger partial charge on any atom is 0.416 e. The normalized spacial score (nSPS) is 16.2. The van der Waals surface area contributed by atoms with Crippen LogP contribution in [-0.4, -0.2) is 40.9 Å².